The number of hydrogen-bond acceptors (Lipinski definition) is 4. The Labute approximate surface area is 177 Å². The first-order valence-corrected chi connectivity index (χ1v) is 9.63. The van der Waals surface area contributed by atoms with Crippen LogP contribution in [0.15, 0.2) is 65.7 Å². The highest BCUT2D eigenvalue weighted by Gasteiger charge is 2.25. The lowest BCUT2D eigenvalue weighted by Crippen LogP contribution is -2.24. The van der Waals surface area contributed by atoms with Crippen molar-refractivity contribution in [1.82, 2.24) is 20.0 Å². The van der Waals surface area contributed by atoms with E-state index in [-0.39, 0.29) is 27.6 Å². The van der Waals surface area contributed by atoms with Gasteiger partial charge >= 0.3 is 0 Å². The van der Waals surface area contributed by atoms with Crippen LogP contribution in [-0.4, -0.2) is 20.6 Å². The summed E-state index contributed by atoms with van der Waals surface area (Å²) in [5.74, 6) is -0.704. The van der Waals surface area contributed by atoms with E-state index in [1.54, 1.807) is 19.4 Å². The minimum atomic E-state index is -0.574. The summed E-state index contributed by atoms with van der Waals surface area (Å²) in [6.07, 6.45) is 5.33. The highest BCUT2D eigenvalue weighted by atomic mass is 35.5. The summed E-state index contributed by atoms with van der Waals surface area (Å²) in [6, 6.07) is 12.1. The van der Waals surface area contributed by atoms with Crippen molar-refractivity contribution in [2.45, 2.75) is 20.0 Å². The number of nitrogens with one attached hydrogen (secondary N) is 1. The fourth-order valence-electron chi connectivity index (χ4n) is 3.26. The minimum Gasteiger partial charge on any atom is -0.360 e. The second-order valence-electron chi connectivity index (χ2n) is 6.75. The van der Waals surface area contributed by atoms with Crippen LogP contribution in [0.5, 0.6) is 0 Å². The Hall–Kier alpha value is -3.45. The lowest BCUT2D eigenvalue weighted by molar-refractivity contribution is 0.0950. The predicted molar refractivity (Wildman–Crippen MR) is 111 cm³/mol. The molecule has 8 heteroatoms. The van der Waals surface area contributed by atoms with Crippen LogP contribution in [0.3, 0.4) is 0 Å². The van der Waals surface area contributed by atoms with Crippen molar-refractivity contribution in [3.63, 3.8) is 0 Å². The maximum absolute atomic E-state index is 14.4. The summed E-state index contributed by atoms with van der Waals surface area (Å²) in [4.78, 5) is 17.0. The zero-order valence-corrected chi connectivity index (χ0v) is 16.9. The van der Waals surface area contributed by atoms with Crippen LogP contribution in [0.2, 0.25) is 5.02 Å². The van der Waals surface area contributed by atoms with E-state index in [4.69, 9.17) is 16.1 Å². The van der Waals surface area contributed by atoms with E-state index in [1.807, 2.05) is 35.0 Å². The Morgan fingerprint density at radius 1 is 1.20 bits per heavy atom. The largest absolute Gasteiger partial charge is 0.360 e. The Balaban J connectivity index is 1.58. The molecule has 4 rings (SSSR count). The smallest absolute Gasteiger partial charge is 0.257 e. The Kier molecular flexibility index (Phi) is 5.63. The molecule has 4 aromatic rings. The van der Waals surface area contributed by atoms with Crippen molar-refractivity contribution < 1.29 is 13.7 Å². The fraction of sp³-hybridized carbons (Fsp3) is 0.136. The molecule has 0 aliphatic rings. The van der Waals surface area contributed by atoms with Crippen molar-refractivity contribution in [2.75, 3.05) is 0 Å². The molecule has 30 heavy (non-hydrogen) atoms. The number of imidazole rings is 1. The number of amides is 1. The third-order valence-corrected chi connectivity index (χ3v) is 5.07. The zero-order chi connectivity index (χ0) is 21.1. The van der Waals surface area contributed by atoms with Crippen molar-refractivity contribution in [3.05, 3.63) is 94.5 Å². The summed E-state index contributed by atoms with van der Waals surface area (Å²) in [5.41, 5.74) is 2.30. The van der Waals surface area contributed by atoms with Crippen LogP contribution in [0.4, 0.5) is 4.39 Å². The molecule has 0 aliphatic heterocycles. The standard InChI is InChI=1S/C22H18ClFN4O2/c1-14-19(21(27-30-14)20-17(23)7-4-8-18(20)24)22(29)26-11-15-5-2-3-6-16(15)12-28-10-9-25-13-28/h2-10,13H,11-12H2,1H3,(H,26,29). The molecule has 0 aliphatic carbocycles. The van der Waals surface area contributed by atoms with Gasteiger partial charge in [0.15, 0.2) is 0 Å². The normalized spacial score (nSPS) is 10.9. The number of carbonyl (C=O) groups is 1. The van der Waals surface area contributed by atoms with Gasteiger partial charge in [0.25, 0.3) is 5.91 Å². The molecule has 0 atom stereocenters. The minimum absolute atomic E-state index is 0.0432. The maximum Gasteiger partial charge on any atom is 0.257 e. The first-order valence-electron chi connectivity index (χ1n) is 9.26. The lowest BCUT2D eigenvalue weighted by Gasteiger charge is -2.12. The molecule has 2 aromatic heterocycles. The fourth-order valence-corrected chi connectivity index (χ4v) is 3.51. The van der Waals surface area contributed by atoms with E-state index in [2.05, 4.69) is 15.5 Å². The summed E-state index contributed by atoms with van der Waals surface area (Å²) >= 11 is 6.15. The molecule has 1 N–H and O–H groups in total. The molecule has 0 bridgehead atoms. The molecular weight excluding hydrogens is 407 g/mol. The van der Waals surface area contributed by atoms with Gasteiger partial charge in [-0.1, -0.05) is 47.1 Å². The molecule has 0 unspecified atom stereocenters. The molecule has 0 radical (unpaired) electrons. The first-order chi connectivity index (χ1) is 14.5. The van der Waals surface area contributed by atoms with Crippen LogP contribution in [-0.2, 0) is 13.1 Å². The van der Waals surface area contributed by atoms with Crippen LogP contribution >= 0.6 is 11.6 Å². The molecule has 2 aromatic carbocycles. The summed E-state index contributed by atoms with van der Waals surface area (Å²) in [7, 11) is 0. The molecule has 152 valence electrons. The summed E-state index contributed by atoms with van der Waals surface area (Å²) < 4.78 is 21.5. The second kappa shape index (κ2) is 8.51. The number of benzene rings is 2. The average Bonchev–Trinajstić information content (AvgIpc) is 3.37. The summed E-state index contributed by atoms with van der Waals surface area (Å²) in [5, 5.41) is 6.92. The Bertz CT molecular complexity index is 1170. The quantitative estimate of drug-likeness (QED) is 0.490. The predicted octanol–water partition coefficient (Wildman–Crippen LogP) is 4.62. The molecule has 0 saturated carbocycles. The van der Waals surface area contributed by atoms with E-state index in [0.29, 0.717) is 13.1 Å². The van der Waals surface area contributed by atoms with Gasteiger partial charge in [0.2, 0.25) is 0 Å². The van der Waals surface area contributed by atoms with Gasteiger partial charge in [-0.25, -0.2) is 9.37 Å². The number of nitrogens with zero attached hydrogens (tertiary/aromatic N) is 3. The molecule has 2 heterocycles. The highest BCUT2D eigenvalue weighted by molar-refractivity contribution is 6.33. The second-order valence-corrected chi connectivity index (χ2v) is 7.15. The van der Waals surface area contributed by atoms with Crippen molar-refractivity contribution in [1.29, 1.82) is 0 Å². The lowest BCUT2D eigenvalue weighted by atomic mass is 10.0. The van der Waals surface area contributed by atoms with Crippen LogP contribution in [0.1, 0.15) is 27.2 Å². The number of halogens is 2. The molecular formula is C22H18ClFN4O2. The Morgan fingerprint density at radius 2 is 2.00 bits per heavy atom. The number of hydrogen-bond donors (Lipinski definition) is 1. The van der Waals surface area contributed by atoms with Crippen molar-refractivity contribution in [3.8, 4) is 11.3 Å². The van der Waals surface area contributed by atoms with Gasteiger partial charge in [-0.15, -0.1) is 0 Å². The SMILES string of the molecule is Cc1onc(-c2c(F)cccc2Cl)c1C(=O)NCc1ccccc1Cn1ccnc1. The van der Waals surface area contributed by atoms with Crippen LogP contribution < -0.4 is 5.32 Å². The number of rotatable bonds is 6. The van der Waals surface area contributed by atoms with Gasteiger partial charge in [-0.3, -0.25) is 4.79 Å². The van der Waals surface area contributed by atoms with Gasteiger partial charge in [-0.05, 0) is 30.2 Å². The third kappa shape index (κ3) is 3.97. The zero-order valence-electron chi connectivity index (χ0n) is 16.1. The van der Waals surface area contributed by atoms with Crippen molar-refractivity contribution in [2.24, 2.45) is 0 Å². The van der Waals surface area contributed by atoms with Gasteiger partial charge in [0, 0.05) is 25.5 Å². The van der Waals surface area contributed by atoms with Gasteiger partial charge in [0.1, 0.15) is 22.8 Å². The van der Waals surface area contributed by atoms with E-state index < -0.39 is 11.7 Å². The van der Waals surface area contributed by atoms with E-state index in [9.17, 15) is 9.18 Å². The number of carbonyl (C=O) groups excluding carboxylic acids is 1. The van der Waals surface area contributed by atoms with Crippen LogP contribution in [0.25, 0.3) is 11.3 Å². The molecule has 6 nitrogen and oxygen atoms in total. The highest BCUT2D eigenvalue weighted by Crippen LogP contribution is 2.33. The monoisotopic (exact) mass is 424 g/mol. The first kappa shape index (κ1) is 19.8. The van der Waals surface area contributed by atoms with Gasteiger partial charge in [0.05, 0.1) is 16.9 Å². The van der Waals surface area contributed by atoms with Crippen molar-refractivity contribution >= 4 is 17.5 Å². The topological polar surface area (TPSA) is 73.0 Å². The van der Waals surface area contributed by atoms with Crippen LogP contribution in [0, 0.1) is 12.7 Å². The van der Waals surface area contributed by atoms with E-state index in [1.165, 1.54) is 18.2 Å². The number of aryl methyl sites for hydroxylation is 1. The van der Waals surface area contributed by atoms with Gasteiger partial charge in [-0.2, -0.15) is 0 Å². The molecule has 1 amide bonds. The maximum atomic E-state index is 14.4. The Morgan fingerprint density at radius 3 is 2.73 bits per heavy atom. The summed E-state index contributed by atoms with van der Waals surface area (Å²) in [6.45, 7) is 2.53. The average molecular weight is 425 g/mol. The molecule has 0 spiro atoms. The third-order valence-electron chi connectivity index (χ3n) is 4.76. The van der Waals surface area contributed by atoms with E-state index >= 15 is 0 Å². The number of aromatic nitrogens is 3. The van der Waals surface area contributed by atoms with Gasteiger partial charge < -0.3 is 14.4 Å². The molecule has 0 saturated heterocycles. The molecule has 0 fully saturated rings. The van der Waals surface area contributed by atoms with E-state index in [0.717, 1.165) is 11.1 Å².